The summed E-state index contributed by atoms with van der Waals surface area (Å²) in [5.74, 6) is -0.266. The molecular weight excluding hydrogens is 229 g/mol. The van der Waals surface area contributed by atoms with Crippen LogP contribution in [0.3, 0.4) is 0 Å². The number of hydrogen-bond acceptors (Lipinski definition) is 3. The van der Waals surface area contributed by atoms with Gasteiger partial charge >= 0.3 is 6.36 Å². The molecule has 0 saturated heterocycles. The lowest BCUT2D eigenvalue weighted by atomic mass is 10.3. The van der Waals surface area contributed by atoms with E-state index in [-0.39, 0.29) is 5.75 Å². The second-order valence-electron chi connectivity index (χ2n) is 2.74. The molecule has 1 rings (SSSR count). The SMILES string of the molecule is CC(O)Sc1ccc(OC(F)(F)F)cc1. The maximum atomic E-state index is 11.8. The highest BCUT2D eigenvalue weighted by Crippen LogP contribution is 2.27. The van der Waals surface area contributed by atoms with Crippen molar-refractivity contribution in [2.45, 2.75) is 23.6 Å². The molecule has 0 fully saturated rings. The molecule has 2 nitrogen and oxygen atoms in total. The molecule has 84 valence electrons. The predicted octanol–water partition coefficient (Wildman–Crippen LogP) is 3.02. The van der Waals surface area contributed by atoms with E-state index in [1.54, 1.807) is 6.92 Å². The van der Waals surface area contributed by atoms with Gasteiger partial charge in [-0.2, -0.15) is 0 Å². The van der Waals surface area contributed by atoms with Crippen molar-refractivity contribution in [2.75, 3.05) is 0 Å². The normalized spacial score (nSPS) is 13.7. The molecule has 1 aromatic rings. The molecule has 0 aliphatic rings. The molecule has 0 aliphatic carbocycles. The maximum absolute atomic E-state index is 11.8. The monoisotopic (exact) mass is 238 g/mol. The Kier molecular flexibility index (Phi) is 3.87. The van der Waals surface area contributed by atoms with Gasteiger partial charge < -0.3 is 9.84 Å². The molecule has 0 aromatic heterocycles. The van der Waals surface area contributed by atoms with Crippen LogP contribution in [0, 0.1) is 0 Å². The van der Waals surface area contributed by atoms with Crippen LogP contribution in [0.1, 0.15) is 6.92 Å². The van der Waals surface area contributed by atoms with Gasteiger partial charge in [0.25, 0.3) is 0 Å². The van der Waals surface area contributed by atoms with Crippen LogP contribution in [0.25, 0.3) is 0 Å². The molecule has 0 heterocycles. The van der Waals surface area contributed by atoms with Gasteiger partial charge in [-0.25, -0.2) is 0 Å². The van der Waals surface area contributed by atoms with Gasteiger partial charge in [0.1, 0.15) is 11.2 Å². The smallest absolute Gasteiger partial charge is 0.406 e. The van der Waals surface area contributed by atoms with Crippen LogP contribution in [0.15, 0.2) is 29.2 Å². The summed E-state index contributed by atoms with van der Waals surface area (Å²) in [6.07, 6.45) is -4.67. The summed E-state index contributed by atoms with van der Waals surface area (Å²) < 4.78 is 39.0. The zero-order chi connectivity index (χ0) is 11.5. The van der Waals surface area contributed by atoms with Crippen molar-refractivity contribution in [1.82, 2.24) is 0 Å². The molecule has 0 bridgehead atoms. The standard InChI is InChI=1S/C9H9F3O2S/c1-6(13)15-8-4-2-7(3-5-8)14-9(10,11)12/h2-6,13H,1H3. The third-order valence-corrected chi connectivity index (χ3v) is 2.25. The summed E-state index contributed by atoms with van der Waals surface area (Å²) in [6.45, 7) is 1.57. The third kappa shape index (κ3) is 4.94. The quantitative estimate of drug-likeness (QED) is 0.648. The van der Waals surface area contributed by atoms with Crippen molar-refractivity contribution in [2.24, 2.45) is 0 Å². The number of thioether (sulfide) groups is 1. The molecule has 0 radical (unpaired) electrons. The topological polar surface area (TPSA) is 29.5 Å². The minimum atomic E-state index is -4.67. The van der Waals surface area contributed by atoms with Crippen LogP contribution in [-0.4, -0.2) is 16.9 Å². The van der Waals surface area contributed by atoms with Crippen LogP contribution in [0.5, 0.6) is 5.75 Å². The average molecular weight is 238 g/mol. The van der Waals surface area contributed by atoms with E-state index in [0.717, 1.165) is 11.8 Å². The number of halogens is 3. The molecule has 6 heteroatoms. The van der Waals surface area contributed by atoms with E-state index >= 15 is 0 Å². The van der Waals surface area contributed by atoms with E-state index in [2.05, 4.69) is 4.74 Å². The molecule has 1 unspecified atom stereocenters. The highest BCUT2D eigenvalue weighted by Gasteiger charge is 2.30. The number of aliphatic hydroxyl groups is 1. The van der Waals surface area contributed by atoms with Gasteiger partial charge in [-0.05, 0) is 31.2 Å². The average Bonchev–Trinajstić information content (AvgIpc) is 2.05. The van der Waals surface area contributed by atoms with E-state index in [0.29, 0.717) is 4.90 Å². The Bertz CT molecular complexity index is 308. The number of alkyl halides is 3. The Morgan fingerprint density at radius 3 is 2.20 bits per heavy atom. The molecule has 15 heavy (non-hydrogen) atoms. The Morgan fingerprint density at radius 1 is 1.27 bits per heavy atom. The van der Waals surface area contributed by atoms with E-state index in [1.165, 1.54) is 24.3 Å². The van der Waals surface area contributed by atoms with Crippen molar-refractivity contribution in [1.29, 1.82) is 0 Å². The Labute approximate surface area is 89.1 Å². The van der Waals surface area contributed by atoms with E-state index in [1.807, 2.05) is 0 Å². The van der Waals surface area contributed by atoms with Crippen LogP contribution in [0.4, 0.5) is 13.2 Å². The van der Waals surface area contributed by atoms with Crippen molar-refractivity contribution in [3.8, 4) is 5.75 Å². The Balaban J connectivity index is 2.64. The minimum absolute atomic E-state index is 0.266. The van der Waals surface area contributed by atoms with Crippen LogP contribution >= 0.6 is 11.8 Å². The van der Waals surface area contributed by atoms with Crippen LogP contribution in [0.2, 0.25) is 0 Å². The van der Waals surface area contributed by atoms with Crippen molar-refractivity contribution >= 4 is 11.8 Å². The molecule has 0 spiro atoms. The fourth-order valence-electron chi connectivity index (χ4n) is 0.917. The minimum Gasteiger partial charge on any atom is -0.406 e. The third-order valence-electron chi connectivity index (χ3n) is 1.36. The lowest BCUT2D eigenvalue weighted by Gasteiger charge is -2.09. The number of hydrogen-bond donors (Lipinski definition) is 1. The molecule has 1 atom stereocenters. The largest absolute Gasteiger partial charge is 0.573 e. The molecule has 0 aliphatic heterocycles. The van der Waals surface area contributed by atoms with E-state index in [4.69, 9.17) is 5.11 Å². The lowest BCUT2D eigenvalue weighted by Crippen LogP contribution is -2.16. The Morgan fingerprint density at radius 2 is 1.80 bits per heavy atom. The molecule has 0 amide bonds. The molecular formula is C9H9F3O2S. The number of benzene rings is 1. The maximum Gasteiger partial charge on any atom is 0.573 e. The van der Waals surface area contributed by atoms with Gasteiger partial charge in [0.05, 0.1) is 0 Å². The van der Waals surface area contributed by atoms with Gasteiger partial charge in [-0.1, -0.05) is 11.8 Å². The van der Waals surface area contributed by atoms with E-state index < -0.39 is 11.8 Å². The highest BCUT2D eigenvalue weighted by molar-refractivity contribution is 7.99. The number of aliphatic hydroxyl groups excluding tert-OH is 1. The summed E-state index contributed by atoms with van der Waals surface area (Å²) >= 11 is 1.14. The fraction of sp³-hybridized carbons (Fsp3) is 0.333. The first-order valence-electron chi connectivity index (χ1n) is 4.07. The first-order valence-corrected chi connectivity index (χ1v) is 4.95. The van der Waals surface area contributed by atoms with Gasteiger partial charge in [0, 0.05) is 4.90 Å². The summed E-state index contributed by atoms with van der Waals surface area (Å²) in [4.78, 5) is 0.680. The molecule has 1 aromatic carbocycles. The zero-order valence-corrected chi connectivity index (χ0v) is 8.60. The first-order chi connectivity index (χ1) is 6.87. The fourth-order valence-corrected chi connectivity index (χ4v) is 1.60. The number of ether oxygens (including phenoxy) is 1. The molecule has 1 N–H and O–H groups in total. The summed E-state index contributed by atoms with van der Waals surface area (Å²) in [5, 5.41) is 9.01. The number of rotatable bonds is 3. The summed E-state index contributed by atoms with van der Waals surface area (Å²) in [7, 11) is 0. The van der Waals surface area contributed by atoms with E-state index in [9.17, 15) is 13.2 Å². The zero-order valence-electron chi connectivity index (χ0n) is 7.78. The predicted molar refractivity (Wildman–Crippen MR) is 50.7 cm³/mol. The van der Waals surface area contributed by atoms with Crippen LogP contribution < -0.4 is 4.74 Å². The van der Waals surface area contributed by atoms with Gasteiger partial charge in [-0.3, -0.25) is 0 Å². The van der Waals surface area contributed by atoms with Crippen molar-refractivity contribution in [3.05, 3.63) is 24.3 Å². The second kappa shape index (κ2) is 4.76. The summed E-state index contributed by atoms with van der Waals surface area (Å²) in [6, 6.07) is 5.33. The van der Waals surface area contributed by atoms with Crippen LogP contribution in [-0.2, 0) is 0 Å². The van der Waals surface area contributed by atoms with Gasteiger partial charge in [0.2, 0.25) is 0 Å². The Hall–Kier alpha value is -0.880. The highest BCUT2D eigenvalue weighted by atomic mass is 32.2. The second-order valence-corrected chi connectivity index (χ2v) is 4.13. The van der Waals surface area contributed by atoms with Gasteiger partial charge in [0.15, 0.2) is 0 Å². The summed E-state index contributed by atoms with van der Waals surface area (Å²) in [5.41, 5.74) is -0.598. The van der Waals surface area contributed by atoms with Gasteiger partial charge in [-0.15, -0.1) is 13.2 Å². The molecule has 0 saturated carbocycles. The van der Waals surface area contributed by atoms with Crippen molar-refractivity contribution < 1.29 is 23.0 Å². The first kappa shape index (κ1) is 12.2. The van der Waals surface area contributed by atoms with Crippen molar-refractivity contribution in [3.63, 3.8) is 0 Å². The lowest BCUT2D eigenvalue weighted by molar-refractivity contribution is -0.274.